The van der Waals surface area contributed by atoms with Gasteiger partial charge in [-0.2, -0.15) is 0 Å². The summed E-state index contributed by atoms with van der Waals surface area (Å²) in [5.74, 6) is 1.05. The zero-order chi connectivity index (χ0) is 20.2. The molecule has 6 heteroatoms. The second-order valence-electron chi connectivity index (χ2n) is 6.83. The molecule has 0 saturated carbocycles. The third-order valence-corrected chi connectivity index (χ3v) is 5.14. The molecule has 148 valence electrons. The smallest absolute Gasteiger partial charge is 0.264 e. The second-order valence-corrected chi connectivity index (χ2v) is 6.83. The molecule has 3 aromatic rings. The average molecular weight is 389 g/mol. The fourth-order valence-electron chi connectivity index (χ4n) is 3.62. The highest BCUT2D eigenvalue weighted by Crippen LogP contribution is 2.29. The van der Waals surface area contributed by atoms with E-state index in [9.17, 15) is 4.79 Å². The maximum absolute atomic E-state index is 12.8. The molecular formula is C23H23N3O3. The molecule has 0 unspecified atom stereocenters. The van der Waals surface area contributed by atoms with Crippen LogP contribution in [0.25, 0.3) is 0 Å². The Morgan fingerprint density at radius 3 is 2.34 bits per heavy atom. The van der Waals surface area contributed by atoms with Gasteiger partial charge in [-0.05, 0) is 41.8 Å². The molecule has 0 atom stereocenters. The first-order valence-electron chi connectivity index (χ1n) is 9.49. The molecule has 2 heterocycles. The number of hydrogen-bond donors (Lipinski definition) is 1. The van der Waals surface area contributed by atoms with Crippen molar-refractivity contribution >= 4 is 17.4 Å². The minimum absolute atomic E-state index is 0.327. The number of fused-ring (bicyclic) bond motifs is 1. The quantitative estimate of drug-likeness (QED) is 0.717. The summed E-state index contributed by atoms with van der Waals surface area (Å²) in [6, 6.07) is 17.5. The first-order chi connectivity index (χ1) is 14.2. The number of aromatic nitrogens is 1. The van der Waals surface area contributed by atoms with Crippen LogP contribution in [-0.2, 0) is 13.0 Å². The summed E-state index contributed by atoms with van der Waals surface area (Å²) in [6.45, 7) is 1.81. The third-order valence-electron chi connectivity index (χ3n) is 5.14. The number of hydrogen-bond acceptors (Lipinski definition) is 5. The van der Waals surface area contributed by atoms with E-state index in [0.29, 0.717) is 22.9 Å². The van der Waals surface area contributed by atoms with Crippen LogP contribution in [0.1, 0.15) is 21.5 Å². The lowest BCUT2D eigenvalue weighted by atomic mass is 10.00. The summed E-state index contributed by atoms with van der Waals surface area (Å²) in [5, 5.41) is 2.82. The van der Waals surface area contributed by atoms with Crippen molar-refractivity contribution in [3.8, 4) is 11.5 Å². The van der Waals surface area contributed by atoms with Gasteiger partial charge in [0, 0.05) is 13.1 Å². The van der Waals surface area contributed by atoms with Gasteiger partial charge in [-0.15, -0.1) is 0 Å². The lowest BCUT2D eigenvalue weighted by Gasteiger charge is -2.30. The second kappa shape index (κ2) is 8.22. The molecule has 1 aliphatic rings. The van der Waals surface area contributed by atoms with Gasteiger partial charge in [0.05, 0.1) is 26.1 Å². The number of ether oxygens (including phenoxy) is 2. The van der Waals surface area contributed by atoms with Gasteiger partial charge < -0.3 is 19.7 Å². The number of amides is 1. The lowest BCUT2D eigenvalue weighted by Crippen LogP contribution is -2.30. The number of nitrogens with one attached hydrogen (secondary N) is 1. The Balaban J connectivity index is 1.49. The first kappa shape index (κ1) is 18.8. The SMILES string of the molecule is COc1cccc(OC)c1C(=O)Nc1ccc(N2CCc3ccccc3C2)cn1. The summed E-state index contributed by atoms with van der Waals surface area (Å²) < 4.78 is 10.6. The molecular weight excluding hydrogens is 366 g/mol. The van der Waals surface area contributed by atoms with E-state index in [-0.39, 0.29) is 5.91 Å². The topological polar surface area (TPSA) is 63.7 Å². The molecule has 0 spiro atoms. The maximum atomic E-state index is 12.8. The molecule has 1 aromatic heterocycles. The predicted octanol–water partition coefficient (Wildman–Crippen LogP) is 3.91. The minimum Gasteiger partial charge on any atom is -0.496 e. The Morgan fingerprint density at radius 1 is 0.966 bits per heavy atom. The summed E-state index contributed by atoms with van der Waals surface area (Å²) in [6.07, 6.45) is 2.81. The van der Waals surface area contributed by atoms with Crippen LogP contribution < -0.4 is 19.7 Å². The summed E-state index contributed by atoms with van der Waals surface area (Å²) >= 11 is 0. The van der Waals surface area contributed by atoms with Gasteiger partial charge >= 0.3 is 0 Å². The molecule has 0 fully saturated rings. The molecule has 2 aromatic carbocycles. The van der Waals surface area contributed by atoms with Crippen molar-refractivity contribution in [1.29, 1.82) is 0 Å². The van der Waals surface area contributed by atoms with Crippen LogP contribution in [-0.4, -0.2) is 31.7 Å². The lowest BCUT2D eigenvalue weighted by molar-refractivity contribution is 0.102. The van der Waals surface area contributed by atoms with Crippen LogP contribution in [0, 0.1) is 0 Å². The molecule has 29 heavy (non-hydrogen) atoms. The predicted molar refractivity (Wildman–Crippen MR) is 113 cm³/mol. The van der Waals surface area contributed by atoms with Gasteiger partial charge in [0.1, 0.15) is 22.9 Å². The molecule has 0 aliphatic carbocycles. The molecule has 1 aliphatic heterocycles. The van der Waals surface area contributed by atoms with E-state index in [1.807, 2.05) is 12.1 Å². The molecule has 0 radical (unpaired) electrons. The minimum atomic E-state index is -0.327. The van der Waals surface area contributed by atoms with E-state index < -0.39 is 0 Å². The number of nitrogens with zero attached hydrogens (tertiary/aromatic N) is 2. The van der Waals surface area contributed by atoms with Crippen molar-refractivity contribution < 1.29 is 14.3 Å². The fraction of sp³-hybridized carbons (Fsp3) is 0.217. The van der Waals surface area contributed by atoms with Crippen LogP contribution in [0.15, 0.2) is 60.8 Å². The molecule has 0 saturated heterocycles. The number of anilines is 2. The molecule has 0 bridgehead atoms. The van der Waals surface area contributed by atoms with Gasteiger partial charge in [-0.3, -0.25) is 4.79 Å². The zero-order valence-electron chi connectivity index (χ0n) is 16.5. The van der Waals surface area contributed by atoms with E-state index in [1.165, 1.54) is 25.3 Å². The molecule has 4 rings (SSSR count). The standard InChI is InChI=1S/C23H23N3O3/c1-28-19-8-5-9-20(29-2)22(19)23(27)25-21-11-10-18(14-24-21)26-13-12-16-6-3-4-7-17(16)15-26/h3-11,14H,12-13,15H2,1-2H3,(H,24,25,27). The van der Waals surface area contributed by atoms with E-state index in [0.717, 1.165) is 25.2 Å². The van der Waals surface area contributed by atoms with Crippen LogP contribution >= 0.6 is 0 Å². The van der Waals surface area contributed by atoms with E-state index in [1.54, 1.807) is 24.4 Å². The van der Waals surface area contributed by atoms with Crippen molar-refractivity contribution in [3.05, 3.63) is 77.5 Å². The Labute approximate surface area is 170 Å². The van der Waals surface area contributed by atoms with Crippen molar-refractivity contribution in [2.75, 3.05) is 31.0 Å². The summed E-state index contributed by atoms with van der Waals surface area (Å²) in [7, 11) is 3.05. The van der Waals surface area contributed by atoms with Gasteiger partial charge in [0.25, 0.3) is 5.91 Å². The first-order valence-corrected chi connectivity index (χ1v) is 9.49. The van der Waals surface area contributed by atoms with E-state index >= 15 is 0 Å². The number of benzene rings is 2. The van der Waals surface area contributed by atoms with Gasteiger partial charge in [-0.1, -0.05) is 30.3 Å². The average Bonchev–Trinajstić information content (AvgIpc) is 2.78. The number of rotatable bonds is 5. The Hall–Kier alpha value is -3.54. The van der Waals surface area contributed by atoms with Gasteiger partial charge in [0.15, 0.2) is 0 Å². The van der Waals surface area contributed by atoms with Crippen molar-refractivity contribution in [1.82, 2.24) is 4.98 Å². The van der Waals surface area contributed by atoms with E-state index in [4.69, 9.17) is 9.47 Å². The van der Waals surface area contributed by atoms with Crippen LogP contribution in [0.3, 0.4) is 0 Å². The Morgan fingerprint density at radius 2 is 1.69 bits per heavy atom. The number of carbonyl (C=O) groups excluding carboxylic acids is 1. The van der Waals surface area contributed by atoms with Crippen molar-refractivity contribution in [3.63, 3.8) is 0 Å². The van der Waals surface area contributed by atoms with Crippen LogP contribution in [0.4, 0.5) is 11.5 Å². The highest BCUT2D eigenvalue weighted by Gasteiger charge is 2.19. The number of methoxy groups -OCH3 is 2. The van der Waals surface area contributed by atoms with Crippen LogP contribution in [0.2, 0.25) is 0 Å². The van der Waals surface area contributed by atoms with Crippen molar-refractivity contribution in [2.45, 2.75) is 13.0 Å². The fourth-order valence-corrected chi connectivity index (χ4v) is 3.62. The van der Waals surface area contributed by atoms with Gasteiger partial charge in [-0.25, -0.2) is 4.98 Å². The summed E-state index contributed by atoms with van der Waals surface area (Å²) in [5.41, 5.74) is 4.13. The Kier molecular flexibility index (Phi) is 5.33. The number of pyridine rings is 1. The largest absolute Gasteiger partial charge is 0.496 e. The normalized spacial score (nSPS) is 12.8. The third kappa shape index (κ3) is 3.87. The van der Waals surface area contributed by atoms with E-state index in [2.05, 4.69) is 39.5 Å². The summed E-state index contributed by atoms with van der Waals surface area (Å²) in [4.78, 5) is 19.5. The van der Waals surface area contributed by atoms with Crippen molar-refractivity contribution in [2.24, 2.45) is 0 Å². The molecule has 1 amide bonds. The van der Waals surface area contributed by atoms with Gasteiger partial charge in [0.2, 0.25) is 0 Å². The highest BCUT2D eigenvalue weighted by atomic mass is 16.5. The zero-order valence-corrected chi connectivity index (χ0v) is 16.5. The molecule has 1 N–H and O–H groups in total. The van der Waals surface area contributed by atoms with Crippen LogP contribution in [0.5, 0.6) is 11.5 Å². The monoisotopic (exact) mass is 389 g/mol. The highest BCUT2D eigenvalue weighted by molar-refractivity contribution is 6.07. The number of carbonyl (C=O) groups is 1. The molecule has 6 nitrogen and oxygen atoms in total. The Bertz CT molecular complexity index is 996. The maximum Gasteiger partial charge on any atom is 0.264 e.